The number of hydrogen-bond acceptors (Lipinski definition) is 5. The van der Waals surface area contributed by atoms with Crippen molar-refractivity contribution in [1.29, 1.82) is 0 Å². The van der Waals surface area contributed by atoms with Crippen LogP contribution in [-0.4, -0.2) is 44.3 Å². The van der Waals surface area contributed by atoms with Crippen LogP contribution in [0.5, 0.6) is 0 Å². The molecule has 0 aromatic rings. The van der Waals surface area contributed by atoms with Crippen molar-refractivity contribution in [2.75, 3.05) is 0 Å². The van der Waals surface area contributed by atoms with Crippen LogP contribution >= 0.6 is 0 Å². The molecule has 9 nitrogen and oxygen atoms in total. The van der Waals surface area contributed by atoms with Gasteiger partial charge in [0.2, 0.25) is 0 Å². The van der Waals surface area contributed by atoms with E-state index in [0.717, 1.165) is 12.2 Å². The third kappa shape index (κ3) is 3.76. The van der Waals surface area contributed by atoms with E-state index >= 15 is 0 Å². The third-order valence-electron chi connectivity index (χ3n) is 4.63. The summed E-state index contributed by atoms with van der Waals surface area (Å²) in [5.41, 5.74) is -2.64. The third-order valence-corrected chi connectivity index (χ3v) is 4.63. The summed E-state index contributed by atoms with van der Waals surface area (Å²) in [7, 11) is 0. The highest BCUT2D eigenvalue weighted by Crippen LogP contribution is 2.39. The minimum absolute atomic E-state index is 0.0627. The highest BCUT2D eigenvalue weighted by Gasteiger charge is 2.42. The number of carboxylic acids is 4. The molecule has 0 aliphatic heterocycles. The van der Waals surface area contributed by atoms with Gasteiger partial charge in [-0.15, -0.1) is 0 Å². The number of ether oxygens (including phenoxy) is 1. The van der Waals surface area contributed by atoms with Crippen molar-refractivity contribution < 1.29 is 44.3 Å². The Hall–Kier alpha value is -3.36. The second-order valence-corrected chi connectivity index (χ2v) is 6.57. The predicted molar refractivity (Wildman–Crippen MR) is 89.4 cm³/mol. The lowest BCUT2D eigenvalue weighted by Crippen LogP contribution is -2.34. The number of aliphatic carboxylic acids is 4. The molecule has 0 bridgehead atoms. The Morgan fingerprint density at radius 2 is 1.67 bits per heavy atom. The Balaban J connectivity index is 2.39. The zero-order chi connectivity index (χ0) is 20.5. The molecule has 0 fully saturated rings. The van der Waals surface area contributed by atoms with Gasteiger partial charge < -0.3 is 25.2 Å². The minimum atomic E-state index is -1.62. The van der Waals surface area contributed by atoms with Crippen LogP contribution < -0.4 is 0 Å². The fraction of sp³-hybridized carbons (Fsp3) is 0.333. The number of rotatable bonds is 6. The normalized spacial score (nSPS) is 25.1. The molecule has 0 aromatic heterocycles. The number of carboxylic acid groups (broad SMARTS) is 4. The zero-order valence-electron chi connectivity index (χ0n) is 14.6. The maximum absolute atomic E-state index is 11.5. The van der Waals surface area contributed by atoms with E-state index in [4.69, 9.17) is 9.84 Å². The summed E-state index contributed by atoms with van der Waals surface area (Å²) in [5.74, 6) is -5.70. The van der Waals surface area contributed by atoms with Gasteiger partial charge >= 0.3 is 23.9 Å². The van der Waals surface area contributed by atoms with Crippen molar-refractivity contribution in [2.45, 2.75) is 26.7 Å². The van der Waals surface area contributed by atoms with Crippen LogP contribution in [0, 0.1) is 11.3 Å². The first-order chi connectivity index (χ1) is 12.5. The van der Waals surface area contributed by atoms with Crippen molar-refractivity contribution in [3.8, 4) is 0 Å². The van der Waals surface area contributed by atoms with Crippen molar-refractivity contribution in [2.24, 2.45) is 11.3 Å². The summed E-state index contributed by atoms with van der Waals surface area (Å²) in [6.45, 7) is 2.93. The first-order valence-corrected chi connectivity index (χ1v) is 7.95. The molecule has 9 heteroatoms. The summed E-state index contributed by atoms with van der Waals surface area (Å²) in [6.07, 6.45) is 3.40. The molecule has 2 aliphatic carbocycles. The molecule has 2 unspecified atom stereocenters. The number of carbonyl (C=O) groups is 4. The first kappa shape index (κ1) is 20.0. The van der Waals surface area contributed by atoms with E-state index in [1.54, 1.807) is 6.92 Å². The standard InChI is InChI=1S/C18H18O9/c1-8-5-10(14(19)20)11(15(21)22)7-13(8)27-9-3-4-18(2,17(25)26)12(6-9)16(23)24/h3,6-8H,4-5H2,1-2H3,(H,19,20)(H,21,22)(H,23,24)(H,25,26). The van der Waals surface area contributed by atoms with Crippen LogP contribution in [0.25, 0.3) is 0 Å². The van der Waals surface area contributed by atoms with Crippen LogP contribution in [-0.2, 0) is 23.9 Å². The Morgan fingerprint density at radius 3 is 2.15 bits per heavy atom. The van der Waals surface area contributed by atoms with E-state index in [0.29, 0.717) is 0 Å². The largest absolute Gasteiger partial charge is 0.481 e. The highest BCUT2D eigenvalue weighted by molar-refractivity contribution is 6.01. The first-order valence-electron chi connectivity index (χ1n) is 7.95. The lowest BCUT2D eigenvalue weighted by Gasteiger charge is -2.29. The zero-order valence-corrected chi connectivity index (χ0v) is 14.6. The average molecular weight is 378 g/mol. The van der Waals surface area contributed by atoms with Gasteiger partial charge in [0.05, 0.1) is 16.7 Å². The van der Waals surface area contributed by atoms with Gasteiger partial charge in [-0.3, -0.25) is 4.79 Å². The lowest BCUT2D eigenvalue weighted by molar-refractivity contribution is -0.149. The van der Waals surface area contributed by atoms with Crippen LogP contribution in [0.4, 0.5) is 0 Å². The molecule has 4 N–H and O–H groups in total. The van der Waals surface area contributed by atoms with Gasteiger partial charge in [-0.25, -0.2) is 14.4 Å². The topological polar surface area (TPSA) is 158 Å². The average Bonchev–Trinajstić information content (AvgIpc) is 2.57. The molecule has 27 heavy (non-hydrogen) atoms. The fourth-order valence-corrected chi connectivity index (χ4v) is 2.89. The smallest absolute Gasteiger partial charge is 0.336 e. The molecule has 0 spiro atoms. The molecule has 0 saturated heterocycles. The van der Waals surface area contributed by atoms with Crippen molar-refractivity contribution in [3.63, 3.8) is 0 Å². The second kappa shape index (κ2) is 7.10. The Kier molecular flexibility index (Phi) is 5.25. The van der Waals surface area contributed by atoms with E-state index < -0.39 is 40.8 Å². The highest BCUT2D eigenvalue weighted by atomic mass is 16.5. The van der Waals surface area contributed by atoms with E-state index in [2.05, 4.69) is 0 Å². The minimum Gasteiger partial charge on any atom is -0.481 e. The summed E-state index contributed by atoms with van der Waals surface area (Å²) in [6, 6.07) is 0. The predicted octanol–water partition coefficient (Wildman–Crippen LogP) is 1.78. The van der Waals surface area contributed by atoms with Crippen LogP contribution in [0.3, 0.4) is 0 Å². The van der Waals surface area contributed by atoms with Gasteiger partial charge in [0.25, 0.3) is 0 Å². The summed E-state index contributed by atoms with van der Waals surface area (Å²) in [5, 5.41) is 37.0. The molecule has 0 radical (unpaired) electrons. The van der Waals surface area contributed by atoms with Crippen molar-refractivity contribution in [3.05, 3.63) is 46.5 Å². The van der Waals surface area contributed by atoms with Gasteiger partial charge in [0.1, 0.15) is 16.9 Å². The Morgan fingerprint density at radius 1 is 1.04 bits per heavy atom. The fourth-order valence-electron chi connectivity index (χ4n) is 2.89. The SMILES string of the molecule is CC1CC(C(=O)O)=C(C(=O)O)C=C1OC1=CCC(C)(C(=O)O)C(C(=O)O)=C1. The molecule has 0 heterocycles. The summed E-state index contributed by atoms with van der Waals surface area (Å²) in [4.78, 5) is 45.5. The summed E-state index contributed by atoms with van der Waals surface area (Å²) >= 11 is 0. The van der Waals surface area contributed by atoms with Crippen molar-refractivity contribution >= 4 is 23.9 Å². The molecular weight excluding hydrogens is 360 g/mol. The van der Waals surface area contributed by atoms with E-state index in [1.807, 2.05) is 0 Å². The molecule has 2 rings (SSSR count). The number of allylic oxidation sites excluding steroid dienone is 3. The van der Waals surface area contributed by atoms with Gasteiger partial charge in [0, 0.05) is 5.92 Å². The Bertz CT molecular complexity index is 856. The van der Waals surface area contributed by atoms with Crippen LogP contribution in [0.15, 0.2) is 46.5 Å². The molecule has 2 atom stereocenters. The van der Waals surface area contributed by atoms with Gasteiger partial charge in [-0.05, 0) is 38.0 Å². The monoisotopic (exact) mass is 378 g/mol. The second-order valence-electron chi connectivity index (χ2n) is 6.57. The van der Waals surface area contributed by atoms with E-state index in [-0.39, 0.29) is 35.5 Å². The Labute approximate surface area is 153 Å². The van der Waals surface area contributed by atoms with Crippen molar-refractivity contribution in [1.82, 2.24) is 0 Å². The van der Waals surface area contributed by atoms with Crippen LogP contribution in [0.2, 0.25) is 0 Å². The van der Waals surface area contributed by atoms with E-state index in [9.17, 15) is 34.5 Å². The number of hydrogen-bond donors (Lipinski definition) is 4. The molecule has 0 amide bonds. The molecule has 0 aromatic carbocycles. The van der Waals surface area contributed by atoms with Crippen LogP contribution in [0.1, 0.15) is 26.7 Å². The lowest BCUT2D eigenvalue weighted by atomic mass is 9.76. The molecule has 144 valence electrons. The quantitative estimate of drug-likeness (QED) is 0.540. The van der Waals surface area contributed by atoms with E-state index in [1.165, 1.54) is 13.0 Å². The maximum atomic E-state index is 11.5. The molecular formula is C18H18O9. The van der Waals surface area contributed by atoms with Gasteiger partial charge in [-0.1, -0.05) is 6.92 Å². The molecule has 0 saturated carbocycles. The van der Waals surface area contributed by atoms with Gasteiger partial charge in [0.15, 0.2) is 0 Å². The molecule has 2 aliphatic rings. The summed E-state index contributed by atoms with van der Waals surface area (Å²) < 4.78 is 5.61. The maximum Gasteiger partial charge on any atom is 0.336 e. The van der Waals surface area contributed by atoms with Gasteiger partial charge in [-0.2, -0.15) is 0 Å².